The Labute approximate surface area is 130 Å². The van der Waals surface area contributed by atoms with Gasteiger partial charge in [-0.25, -0.2) is 22.5 Å². The predicted octanol–water partition coefficient (Wildman–Crippen LogP) is 5.28. The standard InChI is InChI=1S/C18H11F4N/c1-10-6-17(13-4-2-11(19)8-15(13)21)23-18(7-10)14-5-3-12(20)9-16(14)22/h2-9H,1H3. The minimum Gasteiger partial charge on any atom is -0.248 e. The molecule has 1 aromatic heterocycles. The number of halogens is 4. The Morgan fingerprint density at radius 2 is 1.09 bits per heavy atom. The van der Waals surface area contributed by atoms with Crippen LogP contribution in [0, 0.1) is 30.2 Å². The van der Waals surface area contributed by atoms with Crippen molar-refractivity contribution >= 4 is 0 Å². The second-order valence-electron chi connectivity index (χ2n) is 5.16. The van der Waals surface area contributed by atoms with E-state index in [9.17, 15) is 17.6 Å². The van der Waals surface area contributed by atoms with Crippen LogP contribution in [0.4, 0.5) is 17.6 Å². The van der Waals surface area contributed by atoms with Crippen molar-refractivity contribution in [3.63, 3.8) is 0 Å². The normalized spacial score (nSPS) is 10.8. The largest absolute Gasteiger partial charge is 0.248 e. The molecular weight excluding hydrogens is 306 g/mol. The topological polar surface area (TPSA) is 12.9 Å². The van der Waals surface area contributed by atoms with Crippen LogP contribution in [0.2, 0.25) is 0 Å². The molecule has 0 N–H and O–H groups in total. The van der Waals surface area contributed by atoms with E-state index >= 15 is 0 Å². The van der Waals surface area contributed by atoms with Crippen LogP contribution in [0.3, 0.4) is 0 Å². The van der Waals surface area contributed by atoms with Gasteiger partial charge in [-0.3, -0.25) is 0 Å². The Bertz CT molecular complexity index is 820. The molecule has 3 aromatic rings. The molecule has 0 aliphatic rings. The van der Waals surface area contributed by atoms with Gasteiger partial charge in [0.25, 0.3) is 0 Å². The molecule has 0 aliphatic carbocycles. The van der Waals surface area contributed by atoms with Crippen LogP contribution in [-0.4, -0.2) is 4.98 Å². The van der Waals surface area contributed by atoms with Crippen molar-refractivity contribution in [1.82, 2.24) is 4.98 Å². The highest BCUT2D eigenvalue weighted by Gasteiger charge is 2.13. The number of hydrogen-bond acceptors (Lipinski definition) is 1. The number of hydrogen-bond donors (Lipinski definition) is 0. The highest BCUT2D eigenvalue weighted by molar-refractivity contribution is 5.68. The van der Waals surface area contributed by atoms with E-state index in [0.29, 0.717) is 0 Å². The molecule has 0 bridgehead atoms. The molecule has 0 fully saturated rings. The van der Waals surface area contributed by atoms with Crippen molar-refractivity contribution in [3.8, 4) is 22.5 Å². The van der Waals surface area contributed by atoms with E-state index in [-0.39, 0.29) is 22.5 Å². The molecule has 2 aromatic carbocycles. The second-order valence-corrected chi connectivity index (χ2v) is 5.16. The lowest BCUT2D eigenvalue weighted by atomic mass is 10.0. The third-order valence-corrected chi connectivity index (χ3v) is 3.38. The zero-order valence-electron chi connectivity index (χ0n) is 12.1. The lowest BCUT2D eigenvalue weighted by Crippen LogP contribution is -1.95. The van der Waals surface area contributed by atoms with Crippen molar-refractivity contribution in [1.29, 1.82) is 0 Å². The summed E-state index contributed by atoms with van der Waals surface area (Å²) in [6, 6.07) is 9.55. The molecular formula is C18H11F4N. The SMILES string of the molecule is Cc1cc(-c2ccc(F)cc2F)nc(-c2ccc(F)cc2F)c1. The van der Waals surface area contributed by atoms with Gasteiger partial charge in [0, 0.05) is 23.3 Å². The average Bonchev–Trinajstić information content (AvgIpc) is 2.46. The molecule has 0 amide bonds. The van der Waals surface area contributed by atoms with E-state index in [1.807, 2.05) is 0 Å². The number of pyridine rings is 1. The van der Waals surface area contributed by atoms with Crippen molar-refractivity contribution < 1.29 is 17.6 Å². The summed E-state index contributed by atoms with van der Waals surface area (Å²) in [6.07, 6.45) is 0. The van der Waals surface area contributed by atoms with E-state index in [1.54, 1.807) is 19.1 Å². The van der Waals surface area contributed by atoms with Gasteiger partial charge in [-0.15, -0.1) is 0 Å². The van der Waals surface area contributed by atoms with Gasteiger partial charge in [-0.2, -0.15) is 0 Å². The first-order valence-corrected chi connectivity index (χ1v) is 6.83. The van der Waals surface area contributed by atoms with Crippen molar-refractivity contribution in [2.24, 2.45) is 0 Å². The van der Waals surface area contributed by atoms with Crippen molar-refractivity contribution in [2.45, 2.75) is 6.92 Å². The summed E-state index contributed by atoms with van der Waals surface area (Å²) in [5, 5.41) is 0. The summed E-state index contributed by atoms with van der Waals surface area (Å²) >= 11 is 0. The molecule has 1 heterocycles. The van der Waals surface area contributed by atoms with E-state index in [1.165, 1.54) is 12.1 Å². The fraction of sp³-hybridized carbons (Fsp3) is 0.0556. The summed E-state index contributed by atoms with van der Waals surface area (Å²) < 4.78 is 53.9. The quantitative estimate of drug-likeness (QED) is 0.586. The number of aromatic nitrogens is 1. The first kappa shape index (κ1) is 15.2. The second kappa shape index (κ2) is 5.83. The molecule has 5 heteroatoms. The van der Waals surface area contributed by atoms with E-state index in [2.05, 4.69) is 4.98 Å². The van der Waals surface area contributed by atoms with E-state index in [0.717, 1.165) is 29.8 Å². The zero-order valence-corrected chi connectivity index (χ0v) is 12.1. The van der Waals surface area contributed by atoms with Crippen LogP contribution < -0.4 is 0 Å². The lowest BCUT2D eigenvalue weighted by Gasteiger charge is -2.09. The molecule has 0 radical (unpaired) electrons. The zero-order chi connectivity index (χ0) is 16.6. The molecule has 0 saturated carbocycles. The van der Waals surface area contributed by atoms with Crippen LogP contribution in [0.25, 0.3) is 22.5 Å². The molecule has 0 saturated heterocycles. The minimum absolute atomic E-state index is 0.110. The molecule has 0 aliphatic heterocycles. The Morgan fingerprint density at radius 1 is 0.652 bits per heavy atom. The summed E-state index contributed by atoms with van der Waals surface area (Å²) in [5.74, 6) is -2.89. The summed E-state index contributed by atoms with van der Waals surface area (Å²) in [7, 11) is 0. The van der Waals surface area contributed by atoms with Gasteiger partial charge in [0.2, 0.25) is 0 Å². The van der Waals surface area contributed by atoms with Crippen LogP contribution >= 0.6 is 0 Å². The Morgan fingerprint density at radius 3 is 1.48 bits per heavy atom. The smallest absolute Gasteiger partial charge is 0.135 e. The number of nitrogens with zero attached hydrogens (tertiary/aromatic N) is 1. The fourth-order valence-corrected chi connectivity index (χ4v) is 2.34. The minimum atomic E-state index is -0.756. The highest BCUT2D eigenvalue weighted by atomic mass is 19.1. The van der Waals surface area contributed by atoms with E-state index < -0.39 is 23.3 Å². The van der Waals surface area contributed by atoms with Crippen LogP contribution in [0.5, 0.6) is 0 Å². The van der Waals surface area contributed by atoms with Crippen LogP contribution in [0.15, 0.2) is 48.5 Å². The van der Waals surface area contributed by atoms with Gasteiger partial charge in [-0.05, 0) is 48.9 Å². The fourth-order valence-electron chi connectivity index (χ4n) is 2.34. The number of rotatable bonds is 2. The predicted molar refractivity (Wildman–Crippen MR) is 79.7 cm³/mol. The van der Waals surface area contributed by atoms with Gasteiger partial charge in [0.05, 0.1) is 11.4 Å². The highest BCUT2D eigenvalue weighted by Crippen LogP contribution is 2.28. The Balaban J connectivity index is 2.16. The summed E-state index contributed by atoms with van der Waals surface area (Å²) in [5.41, 5.74) is 1.44. The van der Waals surface area contributed by atoms with Gasteiger partial charge in [0.15, 0.2) is 0 Å². The van der Waals surface area contributed by atoms with Crippen molar-refractivity contribution in [3.05, 3.63) is 77.4 Å². The molecule has 23 heavy (non-hydrogen) atoms. The molecule has 116 valence electrons. The molecule has 0 unspecified atom stereocenters. The maximum atomic E-state index is 13.9. The number of aryl methyl sites for hydroxylation is 1. The Kier molecular flexibility index (Phi) is 3.86. The van der Waals surface area contributed by atoms with Gasteiger partial charge in [-0.1, -0.05) is 0 Å². The van der Waals surface area contributed by atoms with Crippen molar-refractivity contribution in [2.75, 3.05) is 0 Å². The van der Waals surface area contributed by atoms with Gasteiger partial charge < -0.3 is 0 Å². The number of benzene rings is 2. The molecule has 0 atom stereocenters. The first-order chi connectivity index (χ1) is 10.9. The third kappa shape index (κ3) is 3.08. The van der Waals surface area contributed by atoms with Crippen LogP contribution in [-0.2, 0) is 0 Å². The third-order valence-electron chi connectivity index (χ3n) is 3.38. The van der Waals surface area contributed by atoms with Crippen LogP contribution in [0.1, 0.15) is 5.56 Å². The summed E-state index contributed by atoms with van der Waals surface area (Å²) in [6.45, 7) is 1.75. The monoisotopic (exact) mass is 317 g/mol. The maximum Gasteiger partial charge on any atom is 0.135 e. The van der Waals surface area contributed by atoms with Gasteiger partial charge in [0.1, 0.15) is 23.3 Å². The molecule has 1 nitrogen and oxygen atoms in total. The lowest BCUT2D eigenvalue weighted by molar-refractivity contribution is 0.585. The molecule has 3 rings (SSSR count). The average molecular weight is 317 g/mol. The van der Waals surface area contributed by atoms with E-state index in [4.69, 9.17) is 0 Å². The van der Waals surface area contributed by atoms with Gasteiger partial charge >= 0.3 is 0 Å². The Hall–Kier alpha value is -2.69. The maximum absolute atomic E-state index is 13.9. The first-order valence-electron chi connectivity index (χ1n) is 6.83. The summed E-state index contributed by atoms with van der Waals surface area (Å²) in [4.78, 5) is 4.23. The molecule has 0 spiro atoms.